The summed E-state index contributed by atoms with van der Waals surface area (Å²) in [5.41, 5.74) is 1.37. The summed E-state index contributed by atoms with van der Waals surface area (Å²) >= 11 is 0. The van der Waals surface area contributed by atoms with E-state index in [1.54, 1.807) is 0 Å². The molecule has 0 spiro atoms. The van der Waals surface area contributed by atoms with Gasteiger partial charge in [-0.3, -0.25) is 9.59 Å². The molecule has 1 heterocycles. The zero-order valence-electron chi connectivity index (χ0n) is 13.1. The van der Waals surface area contributed by atoms with Crippen molar-refractivity contribution in [1.29, 1.82) is 0 Å². The molecule has 3 N–H and O–H groups in total. The van der Waals surface area contributed by atoms with Crippen LogP contribution in [0.15, 0.2) is 42.5 Å². The lowest BCUT2D eigenvalue weighted by Gasteiger charge is -2.16. The first-order valence-corrected chi connectivity index (χ1v) is 8.17. The summed E-state index contributed by atoms with van der Waals surface area (Å²) < 4.78 is 0. The van der Waals surface area contributed by atoms with E-state index in [4.69, 9.17) is 0 Å². The van der Waals surface area contributed by atoms with Crippen molar-refractivity contribution in [3.8, 4) is 0 Å². The predicted molar refractivity (Wildman–Crippen MR) is 92.0 cm³/mol. The molecule has 0 bridgehead atoms. The first kappa shape index (κ1) is 14.8. The largest absolute Gasteiger partial charge is 0.481 e. The molecule has 4 rings (SSSR count). The zero-order chi connectivity index (χ0) is 16.7. The standard InChI is InChI=1S/C19H18N2O3/c22-18(21-15-7-3-6-13(15)19(23)24)17-10-14-12-5-2-1-4-11(12)8-9-16(14)20-17/h1-2,4-5,8-10,13,15,20H,3,6-7H2,(H,21,22)(H,23,24)/t13-,15+/m1/s1. The van der Waals surface area contributed by atoms with E-state index in [0.717, 1.165) is 28.1 Å². The molecule has 1 aliphatic rings. The third-order valence-corrected chi connectivity index (χ3v) is 4.92. The number of hydrogen-bond donors (Lipinski definition) is 3. The molecule has 2 aromatic carbocycles. The molecule has 0 unspecified atom stereocenters. The van der Waals surface area contributed by atoms with Crippen LogP contribution in [-0.4, -0.2) is 28.0 Å². The second-order valence-corrected chi connectivity index (χ2v) is 6.39. The van der Waals surface area contributed by atoms with Gasteiger partial charge < -0.3 is 15.4 Å². The number of aromatic nitrogens is 1. The van der Waals surface area contributed by atoms with Crippen LogP contribution in [0.25, 0.3) is 21.7 Å². The molecule has 5 nitrogen and oxygen atoms in total. The SMILES string of the molecule is O=C(N[C@H]1CCC[C@H]1C(=O)O)c1cc2c(ccc3ccccc32)[nH]1. The average Bonchev–Trinajstić information content (AvgIpc) is 3.21. The fourth-order valence-corrected chi connectivity index (χ4v) is 3.68. The number of aromatic amines is 1. The number of carboxylic acids is 1. The molecule has 5 heteroatoms. The molecule has 1 amide bonds. The van der Waals surface area contributed by atoms with Crippen molar-refractivity contribution in [2.45, 2.75) is 25.3 Å². The highest BCUT2D eigenvalue weighted by atomic mass is 16.4. The number of aliphatic carboxylic acids is 1. The van der Waals surface area contributed by atoms with Gasteiger partial charge in [-0.2, -0.15) is 0 Å². The van der Waals surface area contributed by atoms with E-state index in [9.17, 15) is 14.7 Å². The highest BCUT2D eigenvalue weighted by Gasteiger charge is 2.34. The maximum atomic E-state index is 12.5. The van der Waals surface area contributed by atoms with E-state index in [1.807, 2.05) is 42.5 Å². The van der Waals surface area contributed by atoms with Crippen molar-refractivity contribution < 1.29 is 14.7 Å². The Labute approximate surface area is 138 Å². The van der Waals surface area contributed by atoms with Gasteiger partial charge in [0.2, 0.25) is 0 Å². The normalized spacial score (nSPS) is 20.5. The molecule has 122 valence electrons. The second-order valence-electron chi connectivity index (χ2n) is 6.39. The summed E-state index contributed by atoms with van der Waals surface area (Å²) in [7, 11) is 0. The van der Waals surface area contributed by atoms with Crippen molar-refractivity contribution in [2.75, 3.05) is 0 Å². The number of amides is 1. The van der Waals surface area contributed by atoms with Crippen molar-refractivity contribution in [3.05, 3.63) is 48.2 Å². The Kier molecular flexibility index (Phi) is 3.49. The molecule has 24 heavy (non-hydrogen) atoms. The van der Waals surface area contributed by atoms with Gasteiger partial charge in [0.05, 0.1) is 5.92 Å². The number of benzene rings is 2. The van der Waals surface area contributed by atoms with Crippen LogP contribution in [0.4, 0.5) is 0 Å². The minimum atomic E-state index is -0.833. The summed E-state index contributed by atoms with van der Waals surface area (Å²) in [5.74, 6) is -1.56. The van der Waals surface area contributed by atoms with Crippen LogP contribution in [0.5, 0.6) is 0 Å². The van der Waals surface area contributed by atoms with Gasteiger partial charge in [0.15, 0.2) is 0 Å². The second kappa shape index (κ2) is 5.67. The number of nitrogens with one attached hydrogen (secondary N) is 2. The van der Waals surface area contributed by atoms with Crippen LogP contribution in [0.1, 0.15) is 29.8 Å². The van der Waals surface area contributed by atoms with Crippen LogP contribution >= 0.6 is 0 Å². The molecule has 0 aliphatic heterocycles. The van der Waals surface area contributed by atoms with Gasteiger partial charge in [-0.05, 0) is 35.7 Å². The summed E-state index contributed by atoms with van der Waals surface area (Å²) in [6, 6.07) is 13.6. The minimum Gasteiger partial charge on any atom is -0.481 e. The summed E-state index contributed by atoms with van der Waals surface area (Å²) in [5, 5.41) is 15.3. The Morgan fingerprint density at radius 3 is 2.75 bits per heavy atom. The van der Waals surface area contributed by atoms with Gasteiger partial charge in [0, 0.05) is 16.9 Å². The summed E-state index contributed by atoms with van der Waals surface area (Å²) in [4.78, 5) is 26.9. The molecular weight excluding hydrogens is 304 g/mol. The van der Waals surface area contributed by atoms with Gasteiger partial charge >= 0.3 is 5.97 Å². The highest BCUT2D eigenvalue weighted by Crippen LogP contribution is 2.28. The number of carbonyl (C=O) groups excluding carboxylic acids is 1. The van der Waals surface area contributed by atoms with Gasteiger partial charge in [-0.1, -0.05) is 36.8 Å². The number of carboxylic acid groups (broad SMARTS) is 1. The average molecular weight is 322 g/mol. The summed E-state index contributed by atoms with van der Waals surface area (Å²) in [6.07, 6.45) is 2.17. The van der Waals surface area contributed by atoms with Crippen molar-refractivity contribution in [2.24, 2.45) is 5.92 Å². The molecule has 0 radical (unpaired) electrons. The van der Waals surface area contributed by atoms with Crippen molar-refractivity contribution in [1.82, 2.24) is 10.3 Å². The number of H-pyrrole nitrogens is 1. The van der Waals surface area contributed by atoms with Crippen LogP contribution in [0, 0.1) is 5.92 Å². The van der Waals surface area contributed by atoms with Gasteiger partial charge in [-0.25, -0.2) is 0 Å². The van der Waals surface area contributed by atoms with Gasteiger partial charge in [0.1, 0.15) is 5.69 Å². The van der Waals surface area contributed by atoms with Gasteiger partial charge in [-0.15, -0.1) is 0 Å². The first-order valence-electron chi connectivity index (χ1n) is 8.17. The van der Waals surface area contributed by atoms with E-state index in [0.29, 0.717) is 18.5 Å². The maximum absolute atomic E-state index is 12.5. The van der Waals surface area contributed by atoms with E-state index < -0.39 is 11.9 Å². The molecule has 1 aromatic heterocycles. The Morgan fingerprint density at radius 1 is 1.08 bits per heavy atom. The van der Waals surface area contributed by atoms with E-state index in [1.165, 1.54) is 0 Å². The lowest BCUT2D eigenvalue weighted by Crippen LogP contribution is -2.40. The van der Waals surface area contributed by atoms with Crippen molar-refractivity contribution in [3.63, 3.8) is 0 Å². The van der Waals surface area contributed by atoms with Crippen LogP contribution in [-0.2, 0) is 4.79 Å². The number of fused-ring (bicyclic) bond motifs is 3. The zero-order valence-corrected chi connectivity index (χ0v) is 13.1. The smallest absolute Gasteiger partial charge is 0.308 e. The molecule has 3 aromatic rings. The molecule has 2 atom stereocenters. The molecule has 1 fully saturated rings. The third-order valence-electron chi connectivity index (χ3n) is 4.92. The Morgan fingerprint density at radius 2 is 1.92 bits per heavy atom. The lowest BCUT2D eigenvalue weighted by molar-refractivity contribution is -0.142. The number of carbonyl (C=O) groups is 2. The number of rotatable bonds is 3. The van der Waals surface area contributed by atoms with Gasteiger partial charge in [0.25, 0.3) is 5.91 Å². The predicted octanol–water partition coefficient (Wildman–Crippen LogP) is 3.30. The van der Waals surface area contributed by atoms with Crippen LogP contribution < -0.4 is 5.32 Å². The number of hydrogen-bond acceptors (Lipinski definition) is 2. The Hall–Kier alpha value is -2.82. The maximum Gasteiger partial charge on any atom is 0.308 e. The minimum absolute atomic E-state index is 0.242. The Bertz CT molecular complexity index is 944. The van der Waals surface area contributed by atoms with Crippen molar-refractivity contribution >= 4 is 33.6 Å². The van der Waals surface area contributed by atoms with E-state index in [-0.39, 0.29) is 11.9 Å². The molecular formula is C19H18N2O3. The molecule has 1 aliphatic carbocycles. The van der Waals surface area contributed by atoms with Crippen LogP contribution in [0.3, 0.4) is 0 Å². The quantitative estimate of drug-likeness (QED) is 0.692. The van der Waals surface area contributed by atoms with Crippen LogP contribution in [0.2, 0.25) is 0 Å². The fourth-order valence-electron chi connectivity index (χ4n) is 3.68. The summed E-state index contributed by atoms with van der Waals surface area (Å²) in [6.45, 7) is 0. The first-order chi connectivity index (χ1) is 11.6. The topological polar surface area (TPSA) is 82.2 Å². The highest BCUT2D eigenvalue weighted by molar-refractivity contribution is 6.09. The monoisotopic (exact) mass is 322 g/mol. The third kappa shape index (κ3) is 2.42. The Balaban J connectivity index is 1.65. The molecule has 1 saturated carbocycles. The fraction of sp³-hybridized carbons (Fsp3) is 0.263. The van der Waals surface area contributed by atoms with E-state index >= 15 is 0 Å². The molecule has 0 saturated heterocycles. The lowest BCUT2D eigenvalue weighted by atomic mass is 10.0. The van der Waals surface area contributed by atoms with E-state index in [2.05, 4.69) is 10.3 Å².